The van der Waals surface area contributed by atoms with Gasteiger partial charge in [0.05, 0.1) is 56.5 Å². The minimum absolute atomic E-state index is 0.0524. The summed E-state index contributed by atoms with van der Waals surface area (Å²) in [5.41, 5.74) is 0.281. The molecule has 2 aliphatic rings. The van der Waals surface area contributed by atoms with Crippen molar-refractivity contribution in [3.63, 3.8) is 0 Å². The van der Waals surface area contributed by atoms with Crippen LogP contribution < -0.4 is 18.9 Å². The molecular formula is C38H44N4O12. The van der Waals surface area contributed by atoms with Crippen molar-refractivity contribution in [2.75, 3.05) is 34.5 Å². The summed E-state index contributed by atoms with van der Waals surface area (Å²) in [6.07, 6.45) is 12.8. The van der Waals surface area contributed by atoms with Gasteiger partial charge in [0.1, 0.15) is 17.2 Å². The van der Waals surface area contributed by atoms with Gasteiger partial charge in [0.2, 0.25) is 0 Å². The number of allylic oxidation sites excluding steroid dienone is 4. The predicted octanol–water partition coefficient (Wildman–Crippen LogP) is 6.69. The average molecular weight is 749 g/mol. The van der Waals surface area contributed by atoms with Crippen LogP contribution >= 0.6 is 0 Å². The van der Waals surface area contributed by atoms with Crippen LogP contribution in [0.5, 0.6) is 23.0 Å². The number of rotatable bonds is 17. The number of benzene rings is 2. The Morgan fingerprint density at radius 2 is 1.19 bits per heavy atom. The summed E-state index contributed by atoms with van der Waals surface area (Å²) < 4.78 is 27.4. The third kappa shape index (κ3) is 9.23. The van der Waals surface area contributed by atoms with E-state index in [1.807, 2.05) is 26.0 Å². The number of unbranched alkanes of at least 4 members (excludes halogenated alkanes) is 2. The van der Waals surface area contributed by atoms with Crippen molar-refractivity contribution in [1.29, 1.82) is 0 Å². The van der Waals surface area contributed by atoms with Crippen LogP contribution in [0.15, 0.2) is 72.1 Å². The van der Waals surface area contributed by atoms with Gasteiger partial charge in [-0.05, 0) is 57.6 Å². The molecule has 0 spiro atoms. The lowest BCUT2D eigenvalue weighted by atomic mass is 10.1. The molecule has 0 saturated heterocycles. The highest BCUT2D eigenvalue weighted by Crippen LogP contribution is 2.39. The summed E-state index contributed by atoms with van der Waals surface area (Å²) in [5.74, 6) is -1.53. The van der Waals surface area contributed by atoms with Gasteiger partial charge < -0.3 is 28.6 Å². The maximum Gasteiger partial charge on any atom is 0.329 e. The highest BCUT2D eigenvalue weighted by atomic mass is 16.6. The van der Waals surface area contributed by atoms with Crippen molar-refractivity contribution < 1.29 is 47.9 Å². The fourth-order valence-electron chi connectivity index (χ4n) is 6.19. The lowest BCUT2D eigenvalue weighted by Gasteiger charge is -2.22. The second-order valence-corrected chi connectivity index (χ2v) is 12.4. The van der Waals surface area contributed by atoms with Gasteiger partial charge in [0.25, 0.3) is 23.2 Å². The number of methoxy groups -OCH3 is 3. The van der Waals surface area contributed by atoms with Gasteiger partial charge in [-0.1, -0.05) is 24.3 Å². The first-order valence-electron chi connectivity index (χ1n) is 17.3. The second-order valence-electron chi connectivity index (χ2n) is 12.4. The van der Waals surface area contributed by atoms with Crippen molar-refractivity contribution in [3.8, 4) is 23.0 Å². The smallest absolute Gasteiger partial charge is 0.329 e. The van der Waals surface area contributed by atoms with Crippen LogP contribution in [0.1, 0.15) is 73.6 Å². The Bertz CT molecular complexity index is 1900. The van der Waals surface area contributed by atoms with Crippen molar-refractivity contribution >= 4 is 29.2 Å². The molecule has 0 aromatic heterocycles. The molecule has 0 fully saturated rings. The van der Waals surface area contributed by atoms with E-state index < -0.39 is 45.0 Å². The molecule has 2 aromatic carbocycles. The predicted molar refractivity (Wildman–Crippen MR) is 197 cm³/mol. The largest absolute Gasteiger partial charge is 0.493 e. The van der Waals surface area contributed by atoms with Crippen LogP contribution in [-0.4, -0.2) is 84.1 Å². The van der Waals surface area contributed by atoms with Crippen LogP contribution in [0, 0.1) is 20.2 Å². The summed E-state index contributed by atoms with van der Waals surface area (Å²) in [7, 11) is 3.92. The Labute approximate surface area is 312 Å². The summed E-state index contributed by atoms with van der Waals surface area (Å²) in [6.45, 7) is 5.83. The number of nitro groups is 2. The molecule has 2 unspecified atom stereocenters. The third-order valence-corrected chi connectivity index (χ3v) is 8.81. The molecule has 0 bridgehead atoms. The molecule has 2 aromatic rings. The van der Waals surface area contributed by atoms with Crippen LogP contribution in [0.4, 0.5) is 11.4 Å². The summed E-state index contributed by atoms with van der Waals surface area (Å²) in [4.78, 5) is 64.9. The highest BCUT2D eigenvalue weighted by molar-refractivity contribution is 6.02. The van der Waals surface area contributed by atoms with E-state index in [9.17, 15) is 34.6 Å². The number of hydrogen-bond acceptors (Lipinski definition) is 12. The van der Waals surface area contributed by atoms with Crippen LogP contribution in [0.2, 0.25) is 0 Å². The highest BCUT2D eigenvalue weighted by Gasteiger charge is 2.38. The molecule has 16 nitrogen and oxygen atoms in total. The molecular weight excluding hydrogens is 704 g/mol. The molecule has 288 valence electrons. The van der Waals surface area contributed by atoms with Gasteiger partial charge in [-0.15, -0.1) is 0 Å². The molecule has 0 saturated carbocycles. The number of hydrogen-bond donors (Lipinski definition) is 0. The lowest BCUT2D eigenvalue weighted by Crippen LogP contribution is -2.39. The maximum absolute atomic E-state index is 13.6. The molecule has 0 aliphatic carbocycles. The van der Waals surface area contributed by atoms with Gasteiger partial charge in [-0.2, -0.15) is 0 Å². The Morgan fingerprint density at radius 3 is 1.63 bits per heavy atom. The summed E-state index contributed by atoms with van der Waals surface area (Å²) in [6, 6.07) is 3.68. The second kappa shape index (κ2) is 18.5. The third-order valence-electron chi connectivity index (χ3n) is 8.81. The summed E-state index contributed by atoms with van der Waals surface area (Å²) in [5, 5.41) is 24.1. The SMILES string of the molecule is C/C=C/C1=CN(C(=O)c2cc(OC)c(OCCCCCOc3cc([N+](=O)[O-])c(C(=O)N4C=C(/C=C/C)CC4C(=O)OC)cc3OC)cc2[N+](=O)[O-])C(C)C1. The van der Waals surface area contributed by atoms with Crippen molar-refractivity contribution in [1.82, 2.24) is 9.80 Å². The van der Waals surface area contributed by atoms with E-state index in [0.29, 0.717) is 31.3 Å². The zero-order valence-corrected chi connectivity index (χ0v) is 31.1. The van der Waals surface area contributed by atoms with E-state index in [1.54, 1.807) is 25.3 Å². The quantitative estimate of drug-likeness (QED) is 0.0722. The van der Waals surface area contributed by atoms with Gasteiger partial charge in [0, 0.05) is 37.0 Å². The van der Waals surface area contributed by atoms with Crippen LogP contribution in [-0.2, 0) is 9.53 Å². The fraction of sp³-hybridized carbons (Fsp3) is 0.395. The molecule has 54 heavy (non-hydrogen) atoms. The minimum atomic E-state index is -0.989. The van der Waals surface area contributed by atoms with Gasteiger partial charge >= 0.3 is 5.97 Å². The van der Waals surface area contributed by atoms with Gasteiger partial charge in [0.15, 0.2) is 23.0 Å². The molecule has 0 N–H and O–H groups in total. The number of ether oxygens (including phenoxy) is 5. The number of nitrogens with zero attached hydrogens (tertiary/aromatic N) is 4. The maximum atomic E-state index is 13.6. The summed E-state index contributed by atoms with van der Waals surface area (Å²) >= 11 is 0. The monoisotopic (exact) mass is 748 g/mol. The van der Waals surface area contributed by atoms with E-state index in [1.165, 1.54) is 50.6 Å². The first kappa shape index (κ1) is 40.6. The van der Waals surface area contributed by atoms with E-state index in [0.717, 1.165) is 16.5 Å². The minimum Gasteiger partial charge on any atom is -0.493 e. The number of nitro benzene ring substituents is 2. The first-order valence-corrected chi connectivity index (χ1v) is 17.3. The first-order chi connectivity index (χ1) is 25.9. The number of carbonyl (C=O) groups excluding carboxylic acids is 3. The molecule has 2 heterocycles. The molecule has 2 atom stereocenters. The van der Waals surface area contributed by atoms with Crippen molar-refractivity contribution in [2.24, 2.45) is 0 Å². The topological polar surface area (TPSA) is 190 Å². The molecule has 2 aliphatic heterocycles. The Morgan fingerprint density at radius 1 is 0.722 bits per heavy atom. The Kier molecular flexibility index (Phi) is 13.9. The van der Waals surface area contributed by atoms with Gasteiger partial charge in [-0.3, -0.25) is 34.7 Å². The lowest BCUT2D eigenvalue weighted by molar-refractivity contribution is -0.385. The number of amides is 2. The number of esters is 1. The van der Waals surface area contributed by atoms with E-state index >= 15 is 0 Å². The standard InChI is InChI=1S/C38H44N4O12/c1-7-12-25-16-24(3)39(22-25)36(43)27-18-32(50-4)34(20-29(27)41(46)47)53-14-10-9-11-15-54-35-21-30(42(48)49)28(19-33(35)51-5)37(44)40-23-26(13-8-2)17-31(40)38(45)52-6/h7-8,12-13,18-24,31H,9-11,14-17H2,1-6H3/b12-7+,13-8+. The molecule has 2 amide bonds. The average Bonchev–Trinajstić information content (AvgIpc) is 3.75. The van der Waals surface area contributed by atoms with E-state index in [2.05, 4.69) is 0 Å². The van der Waals surface area contributed by atoms with E-state index in [4.69, 9.17) is 23.7 Å². The van der Waals surface area contributed by atoms with Crippen LogP contribution in [0.3, 0.4) is 0 Å². The van der Waals surface area contributed by atoms with E-state index in [-0.39, 0.29) is 59.8 Å². The molecule has 16 heteroatoms. The van der Waals surface area contributed by atoms with Crippen molar-refractivity contribution in [2.45, 2.75) is 65.0 Å². The zero-order valence-electron chi connectivity index (χ0n) is 31.1. The van der Waals surface area contributed by atoms with Crippen molar-refractivity contribution in [3.05, 3.63) is 103 Å². The Hall–Kier alpha value is -6.19. The Balaban J connectivity index is 1.39. The fourth-order valence-corrected chi connectivity index (χ4v) is 6.19. The molecule has 0 radical (unpaired) electrons. The zero-order chi connectivity index (χ0) is 39.5. The molecule has 4 rings (SSSR count). The number of carbonyl (C=O) groups is 3. The van der Waals surface area contributed by atoms with Crippen LogP contribution in [0.25, 0.3) is 0 Å². The van der Waals surface area contributed by atoms with Gasteiger partial charge in [-0.25, -0.2) is 4.79 Å². The normalized spacial score (nSPS) is 16.7.